The van der Waals surface area contributed by atoms with Crippen molar-refractivity contribution >= 4 is 11.8 Å². The summed E-state index contributed by atoms with van der Waals surface area (Å²) in [5.41, 5.74) is 2.12. The smallest absolute Gasteiger partial charge is 0.255 e. The number of benzene rings is 1. The van der Waals surface area contributed by atoms with Gasteiger partial charge in [0.2, 0.25) is 5.91 Å². The van der Waals surface area contributed by atoms with Crippen LogP contribution >= 0.6 is 0 Å². The van der Waals surface area contributed by atoms with Gasteiger partial charge in [0.25, 0.3) is 5.91 Å². The zero-order valence-electron chi connectivity index (χ0n) is 15.6. The SMILES string of the molecule is O=C(CCc1ccccc1)NC1CCC12CCN(C(=O)c1cc[nH]c1)CC2. The lowest BCUT2D eigenvalue weighted by Gasteiger charge is -2.54. The number of nitrogens with one attached hydrogen (secondary N) is 2. The number of carbonyl (C=O) groups is 2. The van der Waals surface area contributed by atoms with Crippen molar-refractivity contribution in [3.8, 4) is 0 Å². The summed E-state index contributed by atoms with van der Waals surface area (Å²) in [5.74, 6) is 0.252. The normalized spacial score (nSPS) is 20.9. The van der Waals surface area contributed by atoms with E-state index in [-0.39, 0.29) is 23.3 Å². The van der Waals surface area contributed by atoms with E-state index in [0.29, 0.717) is 6.42 Å². The molecular formula is C22H27N3O2. The largest absolute Gasteiger partial charge is 0.367 e. The van der Waals surface area contributed by atoms with Crippen LogP contribution in [0.2, 0.25) is 0 Å². The van der Waals surface area contributed by atoms with E-state index in [1.165, 1.54) is 5.56 Å². The lowest BCUT2D eigenvalue weighted by atomic mass is 9.59. The van der Waals surface area contributed by atoms with Gasteiger partial charge < -0.3 is 15.2 Å². The number of aryl methyl sites for hydroxylation is 1. The Balaban J connectivity index is 1.26. The first-order chi connectivity index (χ1) is 13.2. The van der Waals surface area contributed by atoms with Crippen molar-refractivity contribution in [2.75, 3.05) is 13.1 Å². The average Bonchev–Trinajstić information content (AvgIpc) is 3.25. The van der Waals surface area contributed by atoms with Crippen molar-refractivity contribution in [2.24, 2.45) is 5.41 Å². The van der Waals surface area contributed by atoms with Gasteiger partial charge in [-0.2, -0.15) is 0 Å². The summed E-state index contributed by atoms with van der Waals surface area (Å²) in [6.45, 7) is 1.56. The van der Waals surface area contributed by atoms with Crippen LogP contribution in [0.1, 0.15) is 48.0 Å². The highest BCUT2D eigenvalue weighted by molar-refractivity contribution is 5.94. The Kier molecular flexibility index (Phi) is 5.01. The number of carbonyl (C=O) groups excluding carboxylic acids is 2. The second-order valence-corrected chi connectivity index (χ2v) is 7.90. The molecule has 27 heavy (non-hydrogen) atoms. The van der Waals surface area contributed by atoms with Gasteiger partial charge in [0, 0.05) is 37.9 Å². The van der Waals surface area contributed by atoms with Gasteiger partial charge in [0.1, 0.15) is 0 Å². The third-order valence-electron chi connectivity index (χ3n) is 6.38. The zero-order valence-corrected chi connectivity index (χ0v) is 15.6. The van der Waals surface area contributed by atoms with E-state index in [2.05, 4.69) is 22.4 Å². The molecular weight excluding hydrogens is 338 g/mol. The molecule has 2 aromatic rings. The molecule has 1 aliphatic carbocycles. The number of hydrogen-bond acceptors (Lipinski definition) is 2. The Labute approximate surface area is 160 Å². The maximum absolute atomic E-state index is 12.5. The van der Waals surface area contributed by atoms with Gasteiger partial charge in [-0.1, -0.05) is 30.3 Å². The Bertz CT molecular complexity index is 777. The van der Waals surface area contributed by atoms with Crippen LogP contribution in [0, 0.1) is 5.41 Å². The minimum Gasteiger partial charge on any atom is -0.367 e. The number of nitrogens with zero attached hydrogens (tertiary/aromatic N) is 1. The molecule has 5 heteroatoms. The number of likely N-dealkylation sites (tertiary alicyclic amines) is 1. The van der Waals surface area contributed by atoms with Crippen LogP contribution < -0.4 is 5.32 Å². The van der Waals surface area contributed by atoms with Crippen molar-refractivity contribution in [3.05, 3.63) is 59.9 Å². The van der Waals surface area contributed by atoms with Crippen LogP contribution in [0.3, 0.4) is 0 Å². The molecule has 1 aromatic heterocycles. The highest BCUT2D eigenvalue weighted by Gasteiger charge is 2.49. The maximum atomic E-state index is 12.5. The summed E-state index contributed by atoms with van der Waals surface area (Å²) in [4.78, 5) is 29.8. The Morgan fingerprint density at radius 3 is 2.52 bits per heavy atom. The molecule has 2 heterocycles. The highest BCUT2D eigenvalue weighted by atomic mass is 16.2. The molecule has 2 aliphatic rings. The van der Waals surface area contributed by atoms with Gasteiger partial charge in [0.15, 0.2) is 0 Å². The summed E-state index contributed by atoms with van der Waals surface area (Å²) in [5, 5.41) is 3.27. The summed E-state index contributed by atoms with van der Waals surface area (Å²) < 4.78 is 0. The molecule has 1 atom stereocenters. The summed E-state index contributed by atoms with van der Waals surface area (Å²) in [6, 6.07) is 12.2. The van der Waals surface area contributed by atoms with E-state index in [1.54, 1.807) is 12.4 Å². The molecule has 5 nitrogen and oxygen atoms in total. The molecule has 1 saturated carbocycles. The number of piperidine rings is 1. The molecule has 0 bridgehead atoms. The first kappa shape index (κ1) is 17.8. The van der Waals surface area contributed by atoms with Crippen LogP contribution in [0.15, 0.2) is 48.8 Å². The number of aromatic amines is 1. The van der Waals surface area contributed by atoms with Crippen LogP contribution in [0.25, 0.3) is 0 Å². The lowest BCUT2D eigenvalue weighted by molar-refractivity contribution is -0.125. The van der Waals surface area contributed by atoms with Crippen LogP contribution in [0.5, 0.6) is 0 Å². The summed E-state index contributed by atoms with van der Waals surface area (Å²) in [7, 11) is 0. The molecule has 0 radical (unpaired) electrons. The van der Waals surface area contributed by atoms with Crippen molar-refractivity contribution in [2.45, 2.75) is 44.6 Å². The van der Waals surface area contributed by atoms with Gasteiger partial charge in [-0.05, 0) is 49.1 Å². The van der Waals surface area contributed by atoms with Crippen LogP contribution in [-0.2, 0) is 11.2 Å². The quantitative estimate of drug-likeness (QED) is 0.855. The lowest BCUT2D eigenvalue weighted by Crippen LogP contribution is -2.59. The van der Waals surface area contributed by atoms with E-state index in [9.17, 15) is 9.59 Å². The van der Waals surface area contributed by atoms with Crippen molar-refractivity contribution in [1.82, 2.24) is 15.2 Å². The second kappa shape index (κ2) is 7.59. The van der Waals surface area contributed by atoms with E-state index in [4.69, 9.17) is 0 Å². The van der Waals surface area contributed by atoms with E-state index in [1.807, 2.05) is 29.2 Å². The molecule has 2 amide bonds. The third kappa shape index (κ3) is 3.77. The Morgan fingerprint density at radius 1 is 1.11 bits per heavy atom. The molecule has 142 valence electrons. The molecule has 1 unspecified atom stereocenters. The van der Waals surface area contributed by atoms with Gasteiger partial charge in [-0.25, -0.2) is 0 Å². The molecule has 2 fully saturated rings. The molecule has 1 saturated heterocycles. The molecule has 4 rings (SSSR count). The molecule has 2 N–H and O–H groups in total. The van der Waals surface area contributed by atoms with Gasteiger partial charge in [-0.3, -0.25) is 9.59 Å². The molecule has 1 aromatic carbocycles. The van der Waals surface area contributed by atoms with Crippen LogP contribution in [0.4, 0.5) is 0 Å². The van der Waals surface area contributed by atoms with E-state index < -0.39 is 0 Å². The van der Waals surface area contributed by atoms with Crippen molar-refractivity contribution < 1.29 is 9.59 Å². The highest BCUT2D eigenvalue weighted by Crippen LogP contribution is 2.49. The monoisotopic (exact) mass is 365 g/mol. The fourth-order valence-corrected chi connectivity index (χ4v) is 4.48. The predicted molar refractivity (Wildman–Crippen MR) is 104 cm³/mol. The first-order valence-corrected chi connectivity index (χ1v) is 9.92. The van der Waals surface area contributed by atoms with Gasteiger partial charge in [-0.15, -0.1) is 0 Å². The fourth-order valence-electron chi connectivity index (χ4n) is 4.48. The van der Waals surface area contributed by atoms with E-state index in [0.717, 1.165) is 50.8 Å². The first-order valence-electron chi connectivity index (χ1n) is 9.92. The number of H-pyrrole nitrogens is 1. The van der Waals surface area contributed by atoms with Crippen LogP contribution in [-0.4, -0.2) is 40.8 Å². The third-order valence-corrected chi connectivity index (χ3v) is 6.38. The minimum atomic E-state index is 0.105. The fraction of sp³-hybridized carbons (Fsp3) is 0.455. The van der Waals surface area contributed by atoms with Gasteiger partial charge >= 0.3 is 0 Å². The van der Waals surface area contributed by atoms with Crippen molar-refractivity contribution in [1.29, 1.82) is 0 Å². The zero-order chi connectivity index (χ0) is 18.7. The topological polar surface area (TPSA) is 65.2 Å². The second-order valence-electron chi connectivity index (χ2n) is 7.90. The number of amides is 2. The Hall–Kier alpha value is -2.56. The molecule has 1 aliphatic heterocycles. The average molecular weight is 365 g/mol. The maximum Gasteiger partial charge on any atom is 0.255 e. The summed E-state index contributed by atoms with van der Waals surface area (Å²) in [6.07, 6.45) is 9.03. The van der Waals surface area contributed by atoms with E-state index >= 15 is 0 Å². The summed E-state index contributed by atoms with van der Waals surface area (Å²) >= 11 is 0. The Morgan fingerprint density at radius 2 is 1.89 bits per heavy atom. The molecule has 1 spiro atoms. The van der Waals surface area contributed by atoms with Gasteiger partial charge in [0.05, 0.1) is 5.56 Å². The van der Waals surface area contributed by atoms with Crippen molar-refractivity contribution in [3.63, 3.8) is 0 Å². The minimum absolute atomic E-state index is 0.105. The number of rotatable bonds is 5. The predicted octanol–water partition coefficient (Wildman–Crippen LogP) is 3.15. The standard InChI is InChI=1S/C22H27N3O2/c26-20(7-6-17-4-2-1-3-5-17)24-19-8-10-22(19)11-14-25(15-12-22)21(27)18-9-13-23-16-18/h1-5,9,13,16,19,23H,6-8,10-12,14-15H2,(H,24,26). The number of hydrogen-bond donors (Lipinski definition) is 2. The number of aromatic nitrogens is 1.